The zero-order chi connectivity index (χ0) is 14.7. The maximum absolute atomic E-state index is 12.1. The van der Waals surface area contributed by atoms with Crippen LogP contribution in [0.25, 0.3) is 11.1 Å². The van der Waals surface area contributed by atoms with Gasteiger partial charge in [0.1, 0.15) is 15.8 Å². The van der Waals surface area contributed by atoms with E-state index in [4.69, 9.17) is 9.15 Å². The van der Waals surface area contributed by atoms with Crippen molar-refractivity contribution in [2.24, 2.45) is 0 Å². The van der Waals surface area contributed by atoms with E-state index in [9.17, 15) is 9.59 Å². The molecule has 0 aliphatic carbocycles. The summed E-state index contributed by atoms with van der Waals surface area (Å²) in [6, 6.07) is 9.17. The molecular formula is C15H13BrO4. The lowest BCUT2D eigenvalue weighted by molar-refractivity contribution is 0.0522. The molecular weight excluding hydrogens is 324 g/mol. The summed E-state index contributed by atoms with van der Waals surface area (Å²) in [5, 5.41) is 0. The van der Waals surface area contributed by atoms with Gasteiger partial charge in [0.05, 0.1) is 6.61 Å². The third kappa shape index (κ3) is 2.67. The third-order valence-corrected chi connectivity index (χ3v) is 3.51. The van der Waals surface area contributed by atoms with Crippen molar-refractivity contribution in [1.82, 2.24) is 0 Å². The van der Waals surface area contributed by atoms with Gasteiger partial charge < -0.3 is 9.15 Å². The van der Waals surface area contributed by atoms with E-state index < -0.39 is 11.6 Å². The molecule has 0 atom stereocenters. The minimum Gasteiger partial charge on any atom is -0.462 e. The minimum absolute atomic E-state index is 0.220. The lowest BCUT2D eigenvalue weighted by atomic mass is 10.0. The molecule has 1 heterocycles. The number of carbonyl (C=O) groups is 1. The van der Waals surface area contributed by atoms with Crippen LogP contribution in [-0.2, 0) is 4.74 Å². The molecule has 20 heavy (non-hydrogen) atoms. The predicted octanol–water partition coefficient (Wildman–Crippen LogP) is 3.55. The highest BCUT2D eigenvalue weighted by atomic mass is 79.9. The van der Waals surface area contributed by atoms with Gasteiger partial charge in [-0.2, -0.15) is 0 Å². The topological polar surface area (TPSA) is 56.5 Å². The summed E-state index contributed by atoms with van der Waals surface area (Å²) in [6.07, 6.45) is 0. The van der Waals surface area contributed by atoms with Crippen LogP contribution in [0.4, 0.5) is 0 Å². The van der Waals surface area contributed by atoms with E-state index in [-0.39, 0.29) is 22.4 Å². The predicted molar refractivity (Wildman–Crippen MR) is 78.8 cm³/mol. The molecule has 2 aromatic rings. The fourth-order valence-corrected chi connectivity index (χ4v) is 2.46. The van der Waals surface area contributed by atoms with Gasteiger partial charge in [0, 0.05) is 5.56 Å². The second-order valence-electron chi connectivity index (χ2n) is 4.10. The molecule has 1 aromatic carbocycles. The molecule has 0 amide bonds. The lowest BCUT2D eigenvalue weighted by Crippen LogP contribution is -2.14. The summed E-state index contributed by atoms with van der Waals surface area (Å²) in [7, 11) is 0. The molecule has 0 spiro atoms. The number of ether oxygens (including phenoxy) is 1. The molecule has 0 N–H and O–H groups in total. The normalized spacial score (nSPS) is 10.3. The number of benzene rings is 1. The fourth-order valence-electron chi connectivity index (χ4n) is 1.95. The van der Waals surface area contributed by atoms with E-state index in [1.54, 1.807) is 13.8 Å². The molecule has 0 fully saturated rings. The van der Waals surface area contributed by atoms with E-state index >= 15 is 0 Å². The molecule has 0 bridgehead atoms. The zero-order valence-electron chi connectivity index (χ0n) is 11.1. The van der Waals surface area contributed by atoms with E-state index in [1.165, 1.54) is 0 Å². The molecule has 0 saturated carbocycles. The minimum atomic E-state index is -0.519. The number of aryl methyl sites for hydroxylation is 1. The molecule has 0 unspecified atom stereocenters. The molecule has 0 radical (unpaired) electrons. The monoisotopic (exact) mass is 336 g/mol. The van der Waals surface area contributed by atoms with Crippen molar-refractivity contribution in [1.29, 1.82) is 0 Å². The molecule has 5 heteroatoms. The third-order valence-electron chi connectivity index (χ3n) is 2.79. The van der Waals surface area contributed by atoms with Crippen molar-refractivity contribution in [3.8, 4) is 11.1 Å². The van der Waals surface area contributed by atoms with Crippen molar-refractivity contribution < 1.29 is 13.9 Å². The summed E-state index contributed by atoms with van der Waals surface area (Å²) in [5.41, 5.74) is 0.996. The van der Waals surface area contributed by atoms with Crippen LogP contribution in [0.5, 0.6) is 0 Å². The summed E-state index contributed by atoms with van der Waals surface area (Å²) in [4.78, 5) is 23.9. The van der Waals surface area contributed by atoms with Crippen molar-refractivity contribution in [3.05, 3.63) is 56.5 Å². The number of carbonyl (C=O) groups excluding carboxylic acids is 1. The Morgan fingerprint density at radius 2 is 1.95 bits per heavy atom. The van der Waals surface area contributed by atoms with E-state index in [1.807, 2.05) is 30.3 Å². The molecule has 0 aliphatic heterocycles. The van der Waals surface area contributed by atoms with Crippen LogP contribution < -0.4 is 5.63 Å². The first-order valence-electron chi connectivity index (χ1n) is 6.12. The molecule has 2 rings (SSSR count). The highest BCUT2D eigenvalue weighted by Gasteiger charge is 2.23. The average molecular weight is 337 g/mol. The number of rotatable bonds is 3. The number of halogens is 1. The fraction of sp³-hybridized carbons (Fsp3) is 0.200. The van der Waals surface area contributed by atoms with Gasteiger partial charge in [0.25, 0.3) is 0 Å². The van der Waals surface area contributed by atoms with Crippen molar-refractivity contribution in [3.63, 3.8) is 0 Å². The second-order valence-corrected chi connectivity index (χ2v) is 4.89. The Hall–Kier alpha value is -1.88. The van der Waals surface area contributed by atoms with Gasteiger partial charge in [-0.05, 0) is 35.3 Å². The SMILES string of the molecule is CCOC(=O)c1c(C)oc(=O)c(Br)c1-c1ccccc1. The quantitative estimate of drug-likeness (QED) is 0.804. The van der Waals surface area contributed by atoms with Crippen LogP contribution in [0.1, 0.15) is 23.0 Å². The first kappa shape index (κ1) is 14.5. The molecule has 1 aromatic heterocycles. The van der Waals surface area contributed by atoms with Gasteiger partial charge in [0.15, 0.2) is 0 Å². The van der Waals surface area contributed by atoms with E-state index in [0.717, 1.165) is 5.56 Å². The molecule has 0 saturated heterocycles. The van der Waals surface area contributed by atoms with Gasteiger partial charge in [-0.3, -0.25) is 0 Å². The van der Waals surface area contributed by atoms with Gasteiger partial charge in [-0.1, -0.05) is 30.3 Å². The Morgan fingerprint density at radius 3 is 2.55 bits per heavy atom. The molecule has 4 nitrogen and oxygen atoms in total. The van der Waals surface area contributed by atoms with Crippen molar-refractivity contribution in [2.75, 3.05) is 6.61 Å². The zero-order valence-corrected chi connectivity index (χ0v) is 12.7. The maximum Gasteiger partial charge on any atom is 0.350 e. The van der Waals surface area contributed by atoms with Crippen LogP contribution >= 0.6 is 15.9 Å². The van der Waals surface area contributed by atoms with Crippen LogP contribution in [0.3, 0.4) is 0 Å². The maximum atomic E-state index is 12.1. The largest absolute Gasteiger partial charge is 0.462 e. The summed E-state index contributed by atoms with van der Waals surface area (Å²) in [6.45, 7) is 3.55. The van der Waals surface area contributed by atoms with Crippen LogP contribution in [0.15, 0.2) is 44.0 Å². The highest BCUT2D eigenvalue weighted by molar-refractivity contribution is 9.10. The summed E-state index contributed by atoms with van der Waals surface area (Å²) >= 11 is 3.21. The van der Waals surface area contributed by atoms with E-state index in [2.05, 4.69) is 15.9 Å². The van der Waals surface area contributed by atoms with Crippen LogP contribution in [0, 0.1) is 6.92 Å². The Labute approximate surface area is 124 Å². The first-order chi connectivity index (χ1) is 9.56. The van der Waals surface area contributed by atoms with Crippen molar-refractivity contribution in [2.45, 2.75) is 13.8 Å². The Bertz CT molecular complexity index is 689. The number of hydrogen-bond acceptors (Lipinski definition) is 4. The van der Waals surface area contributed by atoms with Gasteiger partial charge in [-0.25, -0.2) is 9.59 Å². The number of hydrogen-bond donors (Lipinski definition) is 0. The Kier molecular flexibility index (Phi) is 4.39. The average Bonchev–Trinajstić information content (AvgIpc) is 2.43. The summed E-state index contributed by atoms with van der Waals surface area (Å²) < 4.78 is 10.3. The lowest BCUT2D eigenvalue weighted by Gasteiger charge is -2.12. The van der Waals surface area contributed by atoms with E-state index in [0.29, 0.717) is 5.56 Å². The summed E-state index contributed by atoms with van der Waals surface area (Å²) in [5.74, 6) is -0.260. The standard InChI is InChI=1S/C15H13BrO4/c1-3-19-14(17)11-9(2)20-15(18)13(16)12(11)10-7-5-4-6-8-10/h4-8H,3H2,1-2H3. The van der Waals surface area contributed by atoms with Gasteiger partial charge >= 0.3 is 11.6 Å². The van der Waals surface area contributed by atoms with Crippen LogP contribution in [0.2, 0.25) is 0 Å². The van der Waals surface area contributed by atoms with Gasteiger partial charge in [0.2, 0.25) is 0 Å². The van der Waals surface area contributed by atoms with Gasteiger partial charge in [-0.15, -0.1) is 0 Å². The Morgan fingerprint density at radius 1 is 1.30 bits per heavy atom. The second kappa shape index (κ2) is 6.05. The van der Waals surface area contributed by atoms with Crippen molar-refractivity contribution >= 4 is 21.9 Å². The smallest absolute Gasteiger partial charge is 0.350 e. The highest BCUT2D eigenvalue weighted by Crippen LogP contribution is 2.31. The number of esters is 1. The first-order valence-corrected chi connectivity index (χ1v) is 6.91. The molecule has 104 valence electrons. The van der Waals surface area contributed by atoms with Crippen LogP contribution in [-0.4, -0.2) is 12.6 Å². The molecule has 0 aliphatic rings. The Balaban J connectivity index is 2.76.